The van der Waals surface area contributed by atoms with E-state index >= 15 is 0 Å². The molecule has 0 saturated heterocycles. The Labute approximate surface area is 62.1 Å². The van der Waals surface area contributed by atoms with Crippen LogP contribution in [0.25, 0.3) is 0 Å². The molecular weight excluding hydrogens is 126 g/mol. The van der Waals surface area contributed by atoms with Gasteiger partial charge < -0.3 is 5.11 Å². The van der Waals surface area contributed by atoms with E-state index in [9.17, 15) is 0 Å². The molecule has 0 unspecified atom stereocenters. The Bertz CT molecular complexity index is 163. The van der Waals surface area contributed by atoms with Crippen molar-refractivity contribution >= 4 is 0 Å². The molecule has 0 heterocycles. The van der Waals surface area contributed by atoms with Crippen molar-refractivity contribution in [2.45, 2.75) is 20.8 Å². The zero-order valence-corrected chi connectivity index (χ0v) is 6.68. The second kappa shape index (κ2) is 7.77. The lowest BCUT2D eigenvalue weighted by atomic mass is 10.2. The van der Waals surface area contributed by atoms with Gasteiger partial charge in [-0.15, -0.1) is 0 Å². The minimum Gasteiger partial charge on any atom is -0.514 e. The van der Waals surface area contributed by atoms with Crippen molar-refractivity contribution in [1.82, 2.24) is 0 Å². The molecule has 0 radical (unpaired) electrons. The van der Waals surface area contributed by atoms with Crippen molar-refractivity contribution in [2.75, 3.05) is 0 Å². The van der Waals surface area contributed by atoms with Crippen LogP contribution in [0.3, 0.4) is 0 Å². The molecule has 0 aromatic rings. The fourth-order valence-electron chi connectivity index (χ4n) is 0.234. The number of aliphatic hydroxyl groups is 1. The first-order valence-electron chi connectivity index (χ1n) is 3.12. The number of hydrogen-bond acceptors (Lipinski definition) is 2. The highest BCUT2D eigenvalue weighted by Gasteiger charge is 1.91. The lowest BCUT2D eigenvalue weighted by Gasteiger charge is -1.87. The van der Waals surface area contributed by atoms with Gasteiger partial charge in [-0.1, -0.05) is 20.4 Å². The Morgan fingerprint density at radius 3 is 2.00 bits per heavy atom. The zero-order chi connectivity index (χ0) is 8.57. The van der Waals surface area contributed by atoms with E-state index in [0.717, 1.165) is 6.26 Å². The lowest BCUT2D eigenvalue weighted by molar-refractivity contribution is 0.470. The van der Waals surface area contributed by atoms with Gasteiger partial charge in [-0.05, 0) is 12.5 Å². The Kier molecular flexibility index (Phi) is 8.98. The first-order valence-corrected chi connectivity index (χ1v) is 3.12. The predicted molar refractivity (Wildman–Crippen MR) is 42.5 cm³/mol. The number of aliphatic hydroxyl groups excluding tert-OH is 1. The largest absolute Gasteiger partial charge is 0.514 e. The molecule has 0 aliphatic heterocycles. The van der Waals surface area contributed by atoms with E-state index in [1.807, 2.05) is 13.8 Å². The van der Waals surface area contributed by atoms with Crippen LogP contribution < -0.4 is 0 Å². The third-order valence-electron chi connectivity index (χ3n) is 0.709. The first kappa shape index (κ1) is 11.6. The van der Waals surface area contributed by atoms with Gasteiger partial charge in [0.1, 0.15) is 6.07 Å². The first-order chi connectivity index (χ1) is 4.72. The van der Waals surface area contributed by atoms with Crippen LogP contribution in [0.15, 0.2) is 24.0 Å². The molecule has 2 nitrogen and oxygen atoms in total. The van der Waals surface area contributed by atoms with Crippen LogP contribution in [-0.2, 0) is 0 Å². The van der Waals surface area contributed by atoms with Crippen LogP contribution in [0.2, 0.25) is 0 Å². The summed E-state index contributed by atoms with van der Waals surface area (Å²) in [6, 6.07) is 1.76. The van der Waals surface area contributed by atoms with Gasteiger partial charge in [-0.2, -0.15) is 5.26 Å². The quantitative estimate of drug-likeness (QED) is 0.344. The SMILES string of the molecule is C=C(C)/C(C#N)=C/O.CC. The highest BCUT2D eigenvalue weighted by Crippen LogP contribution is 2.01. The molecule has 1 N–H and O–H groups in total. The fraction of sp³-hybridized carbons (Fsp3) is 0.375. The standard InChI is InChI=1S/C6H7NO.C2H6/c1-5(2)6(3-7)4-8;1-2/h4,8H,1H2,2H3;1-2H3/b6-4+;. The fourth-order valence-corrected chi connectivity index (χ4v) is 0.234. The molecule has 0 bridgehead atoms. The summed E-state index contributed by atoms with van der Waals surface area (Å²) in [5.74, 6) is 0. The molecule has 2 heteroatoms. The zero-order valence-electron chi connectivity index (χ0n) is 6.68. The van der Waals surface area contributed by atoms with Crippen molar-refractivity contribution in [3.8, 4) is 6.07 Å². The van der Waals surface area contributed by atoms with Gasteiger partial charge in [0.25, 0.3) is 0 Å². The second-order valence-corrected chi connectivity index (χ2v) is 1.43. The summed E-state index contributed by atoms with van der Waals surface area (Å²) in [6.07, 6.45) is 0.752. The van der Waals surface area contributed by atoms with E-state index in [0.29, 0.717) is 5.57 Å². The summed E-state index contributed by atoms with van der Waals surface area (Å²) in [6.45, 7) is 9.10. The van der Waals surface area contributed by atoms with E-state index in [1.165, 1.54) is 0 Å². The highest BCUT2D eigenvalue weighted by atomic mass is 16.2. The molecule has 56 valence electrons. The van der Waals surface area contributed by atoms with Crippen LogP contribution >= 0.6 is 0 Å². The molecule has 0 rings (SSSR count). The summed E-state index contributed by atoms with van der Waals surface area (Å²) < 4.78 is 0. The highest BCUT2D eigenvalue weighted by molar-refractivity contribution is 5.36. The number of hydrogen-bond donors (Lipinski definition) is 1. The smallest absolute Gasteiger partial charge is 0.103 e. The topological polar surface area (TPSA) is 44.0 Å². The van der Waals surface area contributed by atoms with E-state index < -0.39 is 0 Å². The maximum Gasteiger partial charge on any atom is 0.103 e. The van der Waals surface area contributed by atoms with Crippen LogP contribution in [0, 0.1) is 11.3 Å². The molecule has 10 heavy (non-hydrogen) atoms. The van der Waals surface area contributed by atoms with Crippen molar-refractivity contribution in [1.29, 1.82) is 5.26 Å². The summed E-state index contributed by atoms with van der Waals surface area (Å²) in [5.41, 5.74) is 0.806. The Balaban J connectivity index is 0. The number of rotatable bonds is 1. The van der Waals surface area contributed by atoms with Crippen molar-refractivity contribution in [3.63, 3.8) is 0 Å². The summed E-state index contributed by atoms with van der Waals surface area (Å²) in [4.78, 5) is 0. The van der Waals surface area contributed by atoms with E-state index in [2.05, 4.69) is 6.58 Å². The normalized spacial score (nSPS) is 8.80. The average molecular weight is 139 g/mol. The monoisotopic (exact) mass is 139 g/mol. The van der Waals surface area contributed by atoms with E-state index in [4.69, 9.17) is 10.4 Å². The van der Waals surface area contributed by atoms with Crippen molar-refractivity contribution in [3.05, 3.63) is 24.0 Å². The molecule has 0 atom stereocenters. The summed E-state index contributed by atoms with van der Waals surface area (Å²) in [7, 11) is 0. The number of allylic oxidation sites excluding steroid dienone is 2. The predicted octanol–water partition coefficient (Wildman–Crippen LogP) is 2.55. The average Bonchev–Trinajstić information content (AvgIpc) is 1.94. The molecular formula is C8H13NO. The Hall–Kier alpha value is -1.23. The maximum absolute atomic E-state index is 8.25. The van der Waals surface area contributed by atoms with Gasteiger partial charge in [0, 0.05) is 0 Å². The van der Waals surface area contributed by atoms with Gasteiger partial charge >= 0.3 is 0 Å². The summed E-state index contributed by atoms with van der Waals surface area (Å²) >= 11 is 0. The minimum absolute atomic E-state index is 0.227. The van der Waals surface area contributed by atoms with E-state index in [1.54, 1.807) is 13.0 Å². The Morgan fingerprint density at radius 1 is 1.60 bits per heavy atom. The van der Waals surface area contributed by atoms with Gasteiger partial charge in [0.15, 0.2) is 0 Å². The van der Waals surface area contributed by atoms with Crippen molar-refractivity contribution < 1.29 is 5.11 Å². The third-order valence-corrected chi connectivity index (χ3v) is 0.709. The Morgan fingerprint density at radius 2 is 2.00 bits per heavy atom. The summed E-state index contributed by atoms with van der Waals surface area (Å²) in [5, 5.41) is 16.4. The molecule has 0 aromatic carbocycles. The molecule has 0 aliphatic rings. The maximum atomic E-state index is 8.25. The van der Waals surface area contributed by atoms with Gasteiger partial charge in [-0.25, -0.2) is 0 Å². The van der Waals surface area contributed by atoms with Crippen LogP contribution in [0.5, 0.6) is 0 Å². The van der Waals surface area contributed by atoms with Crippen molar-refractivity contribution in [2.24, 2.45) is 0 Å². The van der Waals surface area contributed by atoms with Gasteiger partial charge in [0.05, 0.1) is 11.8 Å². The molecule has 0 aliphatic carbocycles. The van der Waals surface area contributed by atoms with Gasteiger partial charge in [0.2, 0.25) is 0 Å². The van der Waals surface area contributed by atoms with Crippen LogP contribution in [0.1, 0.15) is 20.8 Å². The third kappa shape index (κ3) is 4.92. The molecule has 0 amide bonds. The molecule has 0 spiro atoms. The number of nitrogens with zero attached hydrogens (tertiary/aromatic N) is 1. The molecule has 0 saturated carbocycles. The second-order valence-electron chi connectivity index (χ2n) is 1.43. The minimum atomic E-state index is 0.227. The van der Waals surface area contributed by atoms with E-state index in [-0.39, 0.29) is 5.57 Å². The lowest BCUT2D eigenvalue weighted by Crippen LogP contribution is -1.76. The van der Waals surface area contributed by atoms with Gasteiger partial charge in [-0.3, -0.25) is 0 Å². The van der Waals surface area contributed by atoms with Crippen LogP contribution in [0.4, 0.5) is 0 Å². The number of nitriles is 1. The van der Waals surface area contributed by atoms with Crippen LogP contribution in [-0.4, -0.2) is 5.11 Å². The molecule has 0 aromatic heterocycles. The molecule has 0 fully saturated rings.